The number of halogens is 6. The van der Waals surface area contributed by atoms with Crippen molar-refractivity contribution >= 4 is 21.6 Å². The summed E-state index contributed by atoms with van der Waals surface area (Å²) in [5.41, 5.74) is -2.60. The number of hydrogen-bond donors (Lipinski definition) is 0. The second-order valence-corrected chi connectivity index (χ2v) is 6.82. The lowest BCUT2D eigenvalue weighted by molar-refractivity contribution is -0.143. The molecular formula is C17H8F6N4S. The Hall–Kier alpha value is -2.95. The lowest BCUT2D eigenvalue weighted by Gasteiger charge is -2.13. The number of nitrogens with zero attached hydrogens (tertiary/aromatic N) is 4. The van der Waals surface area contributed by atoms with E-state index >= 15 is 0 Å². The standard InChI is InChI=1S/C17H8F6N4S/c18-16(19,20)10-5-9(6-11(7-10)17(21,22)23)13-8-27(26-25-13)15-24-12-3-1-2-4-14(12)28-15/h1-8H. The van der Waals surface area contributed by atoms with Gasteiger partial charge in [0.05, 0.1) is 27.5 Å². The van der Waals surface area contributed by atoms with Crippen molar-refractivity contribution in [1.29, 1.82) is 0 Å². The van der Waals surface area contributed by atoms with Crippen molar-refractivity contribution in [3.8, 4) is 16.4 Å². The highest BCUT2D eigenvalue weighted by Gasteiger charge is 2.37. The molecule has 0 aliphatic heterocycles. The van der Waals surface area contributed by atoms with Crippen molar-refractivity contribution in [1.82, 2.24) is 20.0 Å². The fraction of sp³-hybridized carbons (Fsp3) is 0.118. The molecule has 11 heteroatoms. The summed E-state index contributed by atoms with van der Waals surface area (Å²) in [7, 11) is 0. The minimum absolute atomic E-state index is 0.0709. The molecule has 0 saturated carbocycles. The van der Waals surface area contributed by atoms with Crippen molar-refractivity contribution in [3.63, 3.8) is 0 Å². The fourth-order valence-corrected chi connectivity index (χ4v) is 3.44. The van der Waals surface area contributed by atoms with Crippen LogP contribution < -0.4 is 0 Å². The number of alkyl halides is 6. The summed E-state index contributed by atoms with van der Waals surface area (Å²) in [4.78, 5) is 4.32. The highest BCUT2D eigenvalue weighted by atomic mass is 32.1. The van der Waals surface area contributed by atoms with E-state index in [9.17, 15) is 26.3 Å². The molecule has 4 aromatic rings. The van der Waals surface area contributed by atoms with Gasteiger partial charge in [-0.25, -0.2) is 4.98 Å². The van der Waals surface area contributed by atoms with Gasteiger partial charge in [-0.1, -0.05) is 28.7 Å². The van der Waals surface area contributed by atoms with Gasteiger partial charge in [-0.05, 0) is 30.3 Å². The van der Waals surface area contributed by atoms with Gasteiger partial charge in [-0.2, -0.15) is 31.0 Å². The van der Waals surface area contributed by atoms with Gasteiger partial charge in [-0.15, -0.1) is 5.10 Å². The van der Waals surface area contributed by atoms with Crippen molar-refractivity contribution in [3.05, 3.63) is 59.8 Å². The van der Waals surface area contributed by atoms with Crippen LogP contribution in [0, 0.1) is 0 Å². The van der Waals surface area contributed by atoms with Gasteiger partial charge < -0.3 is 0 Å². The smallest absolute Gasteiger partial charge is 0.218 e. The monoisotopic (exact) mass is 414 g/mol. The summed E-state index contributed by atoms with van der Waals surface area (Å²) < 4.78 is 80.2. The number of benzene rings is 2. The molecule has 2 aromatic carbocycles. The third kappa shape index (κ3) is 3.44. The molecule has 0 saturated heterocycles. The quantitative estimate of drug-likeness (QED) is 0.402. The molecule has 144 valence electrons. The van der Waals surface area contributed by atoms with Crippen molar-refractivity contribution < 1.29 is 26.3 Å². The van der Waals surface area contributed by atoms with Gasteiger partial charge in [0.15, 0.2) is 0 Å². The minimum Gasteiger partial charge on any atom is -0.218 e. The Labute approximate surface area is 157 Å². The molecule has 0 N–H and O–H groups in total. The van der Waals surface area contributed by atoms with E-state index in [1.165, 1.54) is 22.2 Å². The van der Waals surface area contributed by atoms with Crippen molar-refractivity contribution in [2.75, 3.05) is 0 Å². The van der Waals surface area contributed by atoms with Crippen LogP contribution in [-0.2, 0) is 12.4 Å². The van der Waals surface area contributed by atoms with Crippen LogP contribution in [-0.4, -0.2) is 20.0 Å². The van der Waals surface area contributed by atoms with Gasteiger partial charge in [0, 0.05) is 5.56 Å². The second-order valence-electron chi connectivity index (χ2n) is 5.81. The van der Waals surface area contributed by atoms with E-state index in [0.29, 0.717) is 22.8 Å². The minimum atomic E-state index is -4.93. The lowest BCUT2D eigenvalue weighted by Crippen LogP contribution is -2.11. The zero-order valence-electron chi connectivity index (χ0n) is 13.6. The van der Waals surface area contributed by atoms with E-state index in [1.807, 2.05) is 12.1 Å². The Balaban J connectivity index is 1.79. The Morgan fingerprint density at radius 2 is 1.50 bits per heavy atom. The summed E-state index contributed by atoms with van der Waals surface area (Å²) in [6.07, 6.45) is -8.62. The van der Waals surface area contributed by atoms with Crippen molar-refractivity contribution in [2.24, 2.45) is 0 Å². The summed E-state index contributed by atoms with van der Waals surface area (Å²) in [6, 6.07) is 8.51. The van der Waals surface area contributed by atoms with E-state index in [4.69, 9.17) is 0 Å². The molecule has 0 spiro atoms. The first kappa shape index (κ1) is 18.4. The van der Waals surface area contributed by atoms with Gasteiger partial charge >= 0.3 is 12.4 Å². The number of rotatable bonds is 2. The number of thiazole rings is 1. The maximum Gasteiger partial charge on any atom is 0.416 e. The average Bonchev–Trinajstić information content (AvgIpc) is 3.26. The van der Waals surface area contributed by atoms with Crippen LogP contribution >= 0.6 is 11.3 Å². The van der Waals surface area contributed by atoms with Crippen molar-refractivity contribution in [2.45, 2.75) is 12.4 Å². The van der Waals surface area contributed by atoms with Crippen LogP contribution in [0.1, 0.15) is 11.1 Å². The number of fused-ring (bicyclic) bond motifs is 1. The highest BCUT2D eigenvalue weighted by molar-refractivity contribution is 7.20. The van der Waals surface area contributed by atoms with Gasteiger partial charge in [-0.3, -0.25) is 0 Å². The molecule has 4 nitrogen and oxygen atoms in total. The predicted octanol–water partition coefficient (Wildman–Crippen LogP) is 5.58. The number of aromatic nitrogens is 4. The van der Waals surface area contributed by atoms with Crippen LogP contribution in [0.3, 0.4) is 0 Å². The Bertz CT molecular complexity index is 1090. The number of hydrogen-bond acceptors (Lipinski definition) is 4. The third-order valence-electron chi connectivity index (χ3n) is 3.86. The Morgan fingerprint density at radius 1 is 0.857 bits per heavy atom. The summed E-state index contributed by atoms with van der Waals surface area (Å²) >= 11 is 1.26. The van der Waals surface area contributed by atoms with E-state index in [-0.39, 0.29) is 17.3 Å². The molecule has 0 aliphatic carbocycles. The topological polar surface area (TPSA) is 43.6 Å². The molecule has 2 aromatic heterocycles. The Kier molecular flexibility index (Phi) is 4.14. The largest absolute Gasteiger partial charge is 0.416 e. The van der Waals surface area contributed by atoms with Crippen LogP contribution in [0.25, 0.3) is 26.6 Å². The van der Waals surface area contributed by atoms with Crippen LogP contribution in [0.5, 0.6) is 0 Å². The second kappa shape index (κ2) is 6.30. The molecule has 28 heavy (non-hydrogen) atoms. The summed E-state index contributed by atoms with van der Waals surface area (Å²) in [6.45, 7) is 0. The molecular weight excluding hydrogens is 406 g/mol. The van der Waals surface area contributed by atoms with Crippen LogP contribution in [0.2, 0.25) is 0 Å². The molecule has 0 radical (unpaired) electrons. The molecule has 4 rings (SSSR count). The first-order valence-electron chi connectivity index (χ1n) is 7.69. The first-order valence-corrected chi connectivity index (χ1v) is 8.51. The maximum atomic E-state index is 13.0. The van der Waals surface area contributed by atoms with E-state index in [0.717, 1.165) is 4.70 Å². The van der Waals surface area contributed by atoms with E-state index < -0.39 is 23.5 Å². The molecule has 0 atom stereocenters. The van der Waals surface area contributed by atoms with Gasteiger partial charge in [0.25, 0.3) is 0 Å². The summed E-state index contributed by atoms with van der Waals surface area (Å²) in [5, 5.41) is 7.91. The molecule has 2 heterocycles. The van der Waals surface area contributed by atoms with E-state index in [1.54, 1.807) is 12.1 Å². The van der Waals surface area contributed by atoms with Crippen LogP contribution in [0.4, 0.5) is 26.3 Å². The maximum absolute atomic E-state index is 13.0. The molecule has 0 amide bonds. The zero-order chi connectivity index (χ0) is 20.1. The van der Waals surface area contributed by atoms with E-state index in [2.05, 4.69) is 15.3 Å². The molecule has 0 fully saturated rings. The molecule has 0 unspecified atom stereocenters. The van der Waals surface area contributed by atoms with Crippen LogP contribution in [0.15, 0.2) is 48.7 Å². The number of para-hydroxylation sites is 1. The average molecular weight is 414 g/mol. The fourth-order valence-electron chi connectivity index (χ4n) is 2.55. The highest BCUT2D eigenvalue weighted by Crippen LogP contribution is 2.38. The first-order chi connectivity index (χ1) is 13.1. The summed E-state index contributed by atoms with van der Waals surface area (Å²) in [5.74, 6) is 0. The molecule has 0 bridgehead atoms. The Morgan fingerprint density at radius 3 is 2.11 bits per heavy atom. The lowest BCUT2D eigenvalue weighted by atomic mass is 10.0. The predicted molar refractivity (Wildman–Crippen MR) is 90.0 cm³/mol. The molecule has 0 aliphatic rings. The normalized spacial score (nSPS) is 12.6. The third-order valence-corrected chi connectivity index (χ3v) is 4.88. The van der Waals surface area contributed by atoms with Gasteiger partial charge in [0.1, 0.15) is 5.69 Å². The SMILES string of the molecule is FC(F)(F)c1cc(-c2cn(-c3nc4ccccc4s3)nn2)cc(C(F)(F)F)c1. The van der Waals surface area contributed by atoms with Gasteiger partial charge in [0.2, 0.25) is 5.13 Å². The zero-order valence-corrected chi connectivity index (χ0v) is 14.4.